The average Bonchev–Trinajstić information content (AvgIpc) is 2.63. The van der Waals surface area contributed by atoms with Crippen LogP contribution in [0.4, 0.5) is 5.69 Å². The summed E-state index contributed by atoms with van der Waals surface area (Å²) < 4.78 is 1.11. The summed E-state index contributed by atoms with van der Waals surface area (Å²) in [4.78, 5) is 16.0. The summed E-state index contributed by atoms with van der Waals surface area (Å²) in [5, 5.41) is 3.41. The van der Waals surface area contributed by atoms with Crippen molar-refractivity contribution >= 4 is 27.5 Å². The van der Waals surface area contributed by atoms with Crippen molar-refractivity contribution in [3.05, 3.63) is 28.2 Å². The smallest absolute Gasteiger partial charge is 0.241 e. The number of rotatable bonds is 5. The zero-order valence-corrected chi connectivity index (χ0v) is 14.4. The second-order valence-electron chi connectivity index (χ2n) is 5.54. The molecule has 0 aliphatic carbocycles. The molecule has 0 saturated carbocycles. The molecular formula is C16H24BrN3O. The fourth-order valence-electron chi connectivity index (χ4n) is 2.48. The predicted octanol–water partition coefficient (Wildman–Crippen LogP) is 2.62. The molecule has 0 atom stereocenters. The molecule has 1 saturated heterocycles. The summed E-state index contributed by atoms with van der Waals surface area (Å²) in [5.41, 5.74) is 2.37. The molecule has 1 aromatic rings. The normalized spacial score (nSPS) is 16.2. The summed E-state index contributed by atoms with van der Waals surface area (Å²) in [7, 11) is 1.88. The maximum absolute atomic E-state index is 12.0. The second kappa shape index (κ2) is 7.80. The molecule has 0 aromatic heterocycles. The number of anilines is 1. The summed E-state index contributed by atoms with van der Waals surface area (Å²) in [6, 6.07) is 6.38. The van der Waals surface area contributed by atoms with Crippen LogP contribution in [0.25, 0.3) is 0 Å². The van der Waals surface area contributed by atoms with E-state index >= 15 is 0 Å². The van der Waals surface area contributed by atoms with E-state index in [9.17, 15) is 4.79 Å². The van der Waals surface area contributed by atoms with Gasteiger partial charge in [-0.05, 0) is 37.1 Å². The summed E-state index contributed by atoms with van der Waals surface area (Å²) in [6.07, 6.45) is 2.15. The van der Waals surface area contributed by atoms with E-state index in [2.05, 4.69) is 51.3 Å². The summed E-state index contributed by atoms with van der Waals surface area (Å²) in [6.45, 7) is 6.30. The first-order valence-electron chi connectivity index (χ1n) is 7.60. The SMILES string of the molecule is CCCNCc1ccc(N2CCCN(C)C(=O)C2)cc1Br. The molecule has 5 heteroatoms. The van der Waals surface area contributed by atoms with Crippen LogP contribution in [-0.2, 0) is 11.3 Å². The Morgan fingerprint density at radius 3 is 2.86 bits per heavy atom. The molecule has 0 bridgehead atoms. The van der Waals surface area contributed by atoms with Gasteiger partial charge in [-0.25, -0.2) is 0 Å². The lowest BCUT2D eigenvalue weighted by molar-refractivity contribution is -0.127. The third-order valence-corrected chi connectivity index (χ3v) is 4.56. The molecule has 0 radical (unpaired) electrons. The first-order valence-corrected chi connectivity index (χ1v) is 8.39. The number of carbonyl (C=O) groups excluding carboxylic acids is 1. The van der Waals surface area contributed by atoms with Gasteiger partial charge in [0.15, 0.2) is 0 Å². The van der Waals surface area contributed by atoms with E-state index in [1.54, 1.807) is 0 Å². The fraction of sp³-hybridized carbons (Fsp3) is 0.562. The highest BCUT2D eigenvalue weighted by atomic mass is 79.9. The maximum Gasteiger partial charge on any atom is 0.241 e. The van der Waals surface area contributed by atoms with E-state index < -0.39 is 0 Å². The third-order valence-electron chi connectivity index (χ3n) is 3.82. The number of hydrogen-bond acceptors (Lipinski definition) is 3. The minimum absolute atomic E-state index is 0.192. The van der Waals surface area contributed by atoms with Crippen molar-refractivity contribution in [1.82, 2.24) is 10.2 Å². The van der Waals surface area contributed by atoms with Gasteiger partial charge in [-0.2, -0.15) is 0 Å². The molecule has 1 fully saturated rings. The molecule has 0 unspecified atom stereocenters. The standard InChI is InChI=1S/C16H24BrN3O/c1-3-7-18-11-13-5-6-14(10-15(13)17)20-9-4-8-19(2)16(21)12-20/h5-6,10,18H,3-4,7-9,11-12H2,1-2H3. The highest BCUT2D eigenvalue weighted by Crippen LogP contribution is 2.25. The minimum atomic E-state index is 0.192. The van der Waals surface area contributed by atoms with Gasteiger partial charge in [-0.15, -0.1) is 0 Å². The van der Waals surface area contributed by atoms with Crippen molar-refractivity contribution in [2.24, 2.45) is 0 Å². The molecule has 1 aliphatic heterocycles. The van der Waals surface area contributed by atoms with Crippen LogP contribution in [0.5, 0.6) is 0 Å². The summed E-state index contributed by atoms with van der Waals surface area (Å²) >= 11 is 3.65. The molecule has 116 valence electrons. The van der Waals surface area contributed by atoms with Gasteiger partial charge in [0.25, 0.3) is 0 Å². The molecule has 1 aliphatic rings. The third kappa shape index (κ3) is 4.45. The van der Waals surface area contributed by atoms with Gasteiger partial charge in [0.1, 0.15) is 0 Å². The molecule has 4 nitrogen and oxygen atoms in total. The Morgan fingerprint density at radius 2 is 2.14 bits per heavy atom. The van der Waals surface area contributed by atoms with E-state index in [4.69, 9.17) is 0 Å². The Labute approximate surface area is 135 Å². The summed E-state index contributed by atoms with van der Waals surface area (Å²) in [5.74, 6) is 0.192. The number of nitrogens with zero attached hydrogens (tertiary/aromatic N) is 2. The van der Waals surface area contributed by atoms with E-state index in [0.29, 0.717) is 6.54 Å². The first kappa shape index (κ1) is 16.3. The molecule has 1 amide bonds. The zero-order valence-electron chi connectivity index (χ0n) is 12.9. The Bertz CT molecular complexity index is 492. The molecule has 2 rings (SSSR count). The van der Waals surface area contributed by atoms with E-state index in [0.717, 1.165) is 49.2 Å². The highest BCUT2D eigenvalue weighted by Gasteiger charge is 2.19. The molecule has 1 heterocycles. The number of nitrogens with one attached hydrogen (secondary N) is 1. The molecular weight excluding hydrogens is 330 g/mol. The second-order valence-corrected chi connectivity index (χ2v) is 6.40. The van der Waals surface area contributed by atoms with Crippen molar-refractivity contribution in [3.63, 3.8) is 0 Å². The van der Waals surface area contributed by atoms with Crippen LogP contribution < -0.4 is 10.2 Å². The quantitative estimate of drug-likeness (QED) is 0.826. The Morgan fingerprint density at radius 1 is 1.33 bits per heavy atom. The lowest BCUT2D eigenvalue weighted by Gasteiger charge is -2.22. The monoisotopic (exact) mass is 353 g/mol. The largest absolute Gasteiger partial charge is 0.362 e. The minimum Gasteiger partial charge on any atom is -0.362 e. The fourth-order valence-corrected chi connectivity index (χ4v) is 2.99. The van der Waals surface area contributed by atoms with Crippen LogP contribution in [0, 0.1) is 0 Å². The number of benzene rings is 1. The highest BCUT2D eigenvalue weighted by molar-refractivity contribution is 9.10. The van der Waals surface area contributed by atoms with Gasteiger partial charge in [0.05, 0.1) is 6.54 Å². The number of hydrogen-bond donors (Lipinski definition) is 1. The van der Waals surface area contributed by atoms with Gasteiger partial charge in [-0.1, -0.05) is 28.9 Å². The lowest BCUT2D eigenvalue weighted by atomic mass is 10.2. The topological polar surface area (TPSA) is 35.6 Å². The number of carbonyl (C=O) groups is 1. The molecule has 0 spiro atoms. The number of amides is 1. The van der Waals surface area contributed by atoms with E-state index in [-0.39, 0.29) is 5.91 Å². The van der Waals surface area contributed by atoms with Crippen LogP contribution in [0.3, 0.4) is 0 Å². The van der Waals surface area contributed by atoms with E-state index in [1.165, 1.54) is 5.56 Å². The molecule has 21 heavy (non-hydrogen) atoms. The van der Waals surface area contributed by atoms with Gasteiger partial charge >= 0.3 is 0 Å². The van der Waals surface area contributed by atoms with Crippen molar-refractivity contribution in [2.75, 3.05) is 38.1 Å². The number of halogens is 1. The lowest BCUT2D eigenvalue weighted by Crippen LogP contribution is -2.34. The van der Waals surface area contributed by atoms with Gasteiger partial charge in [0.2, 0.25) is 5.91 Å². The van der Waals surface area contributed by atoms with Crippen LogP contribution in [-0.4, -0.2) is 44.0 Å². The Hall–Kier alpha value is -1.07. The van der Waals surface area contributed by atoms with Crippen LogP contribution in [0.1, 0.15) is 25.3 Å². The van der Waals surface area contributed by atoms with Crippen LogP contribution in [0.15, 0.2) is 22.7 Å². The van der Waals surface area contributed by atoms with Crippen LogP contribution >= 0.6 is 15.9 Å². The van der Waals surface area contributed by atoms with Crippen molar-refractivity contribution in [3.8, 4) is 0 Å². The Kier molecular flexibility index (Phi) is 6.06. The van der Waals surface area contributed by atoms with Gasteiger partial charge < -0.3 is 15.1 Å². The van der Waals surface area contributed by atoms with Crippen LogP contribution in [0.2, 0.25) is 0 Å². The van der Waals surface area contributed by atoms with Crippen molar-refractivity contribution in [2.45, 2.75) is 26.3 Å². The maximum atomic E-state index is 12.0. The molecule has 1 N–H and O–H groups in total. The van der Waals surface area contributed by atoms with Crippen molar-refractivity contribution in [1.29, 1.82) is 0 Å². The van der Waals surface area contributed by atoms with Crippen molar-refractivity contribution < 1.29 is 4.79 Å². The van der Waals surface area contributed by atoms with E-state index in [1.807, 2.05) is 11.9 Å². The molecule has 1 aromatic carbocycles. The van der Waals surface area contributed by atoms with Gasteiger partial charge in [0, 0.05) is 36.8 Å². The predicted molar refractivity (Wildman–Crippen MR) is 90.6 cm³/mol. The average molecular weight is 354 g/mol. The van der Waals surface area contributed by atoms with Gasteiger partial charge in [-0.3, -0.25) is 4.79 Å². The zero-order chi connectivity index (χ0) is 15.2. The number of likely N-dealkylation sites (N-methyl/N-ethyl adjacent to an activating group) is 1. The Balaban J connectivity index is 2.06. The first-order chi connectivity index (χ1) is 10.1.